The average molecular weight is 351 g/mol. The molecule has 0 aliphatic heterocycles. The normalized spacial score (nSPS) is 11.1. The summed E-state index contributed by atoms with van der Waals surface area (Å²) in [5.74, 6) is 1.82. The molecule has 0 N–H and O–H groups in total. The predicted octanol–water partition coefficient (Wildman–Crippen LogP) is 7.27. The molecule has 0 amide bonds. The molecule has 0 unspecified atom stereocenters. The minimum absolute atomic E-state index is 0.241. The highest BCUT2D eigenvalue weighted by Gasteiger charge is 2.12. The van der Waals surface area contributed by atoms with Crippen LogP contribution in [-0.4, -0.2) is 0 Å². The topological polar surface area (TPSA) is 0 Å². The average Bonchev–Trinajstić information content (AvgIpc) is 2.54. The van der Waals surface area contributed by atoms with Crippen LogP contribution in [0.2, 0.25) is 0 Å². The first kappa shape index (κ1) is 20.1. The summed E-state index contributed by atoms with van der Waals surface area (Å²) in [6.45, 7) is 11.0. The lowest BCUT2D eigenvalue weighted by Gasteiger charge is -2.18. The van der Waals surface area contributed by atoms with Crippen LogP contribution in [0.15, 0.2) is 48.5 Å². The van der Waals surface area contributed by atoms with Gasteiger partial charge in [0.1, 0.15) is 0 Å². The number of rotatable bonds is 3. The number of benzene rings is 2. The lowest BCUT2D eigenvalue weighted by atomic mass is 9.87. The van der Waals surface area contributed by atoms with Crippen LogP contribution in [0, 0.1) is 0 Å². The third-order valence-corrected chi connectivity index (χ3v) is 4.39. The Kier molecular flexibility index (Phi) is 8.16. The predicted molar refractivity (Wildman–Crippen MR) is 105 cm³/mol. The molecule has 0 saturated carbocycles. The summed E-state index contributed by atoms with van der Waals surface area (Å²) in [6, 6.07) is 16.9. The standard InChI is InChI=1S/C11H15Cl.C10H13Cl/c1-11(2,3)10-6-4-9(8-12)5-7-10;1-8(2)10-5-3-9(7-11)4-6-10/h4-7H,8H2,1-3H3;3-6,8H,7H2,1-2H3. The van der Waals surface area contributed by atoms with Gasteiger partial charge in [0.25, 0.3) is 0 Å². The fourth-order valence-corrected chi connectivity index (χ4v) is 2.44. The molecule has 2 heteroatoms. The highest BCUT2D eigenvalue weighted by atomic mass is 35.5. The van der Waals surface area contributed by atoms with E-state index in [0.29, 0.717) is 17.7 Å². The van der Waals surface area contributed by atoms with Crippen LogP contribution < -0.4 is 0 Å². The molecule has 0 bridgehead atoms. The van der Waals surface area contributed by atoms with E-state index in [1.54, 1.807) is 0 Å². The minimum atomic E-state index is 0.241. The lowest BCUT2D eigenvalue weighted by molar-refractivity contribution is 0.590. The van der Waals surface area contributed by atoms with Crippen molar-refractivity contribution in [2.75, 3.05) is 0 Å². The van der Waals surface area contributed by atoms with Crippen molar-refractivity contribution in [2.45, 2.75) is 57.7 Å². The Labute approximate surface area is 151 Å². The highest BCUT2D eigenvalue weighted by molar-refractivity contribution is 6.17. The van der Waals surface area contributed by atoms with Gasteiger partial charge in [-0.2, -0.15) is 0 Å². The van der Waals surface area contributed by atoms with Gasteiger partial charge in [-0.25, -0.2) is 0 Å². The summed E-state index contributed by atoms with van der Waals surface area (Å²) in [4.78, 5) is 0. The molecule has 0 fully saturated rings. The Balaban J connectivity index is 0.000000231. The maximum atomic E-state index is 5.69. The van der Waals surface area contributed by atoms with Gasteiger partial charge in [0.05, 0.1) is 0 Å². The second-order valence-corrected chi connectivity index (χ2v) is 7.64. The van der Waals surface area contributed by atoms with Crippen LogP contribution in [0.3, 0.4) is 0 Å². The quantitative estimate of drug-likeness (QED) is 0.510. The van der Waals surface area contributed by atoms with Crippen LogP contribution in [0.4, 0.5) is 0 Å². The highest BCUT2D eigenvalue weighted by Crippen LogP contribution is 2.22. The molecular weight excluding hydrogens is 323 g/mol. The van der Waals surface area contributed by atoms with E-state index < -0.39 is 0 Å². The molecule has 0 aliphatic carbocycles. The van der Waals surface area contributed by atoms with Gasteiger partial charge < -0.3 is 0 Å². The molecule has 0 saturated heterocycles. The molecule has 23 heavy (non-hydrogen) atoms. The Morgan fingerprint density at radius 3 is 1.43 bits per heavy atom. The van der Waals surface area contributed by atoms with Gasteiger partial charge in [-0.15, -0.1) is 23.2 Å². The van der Waals surface area contributed by atoms with Crippen molar-refractivity contribution in [3.05, 3.63) is 70.8 Å². The third-order valence-electron chi connectivity index (χ3n) is 3.77. The van der Waals surface area contributed by atoms with E-state index in [4.69, 9.17) is 23.2 Å². The van der Waals surface area contributed by atoms with Crippen molar-refractivity contribution < 1.29 is 0 Å². The largest absolute Gasteiger partial charge is 0.122 e. The van der Waals surface area contributed by atoms with Gasteiger partial charge >= 0.3 is 0 Å². The molecule has 2 aromatic carbocycles. The molecule has 2 aromatic rings. The summed E-state index contributed by atoms with van der Waals surface area (Å²) in [7, 11) is 0. The molecule has 0 aromatic heterocycles. The smallest absolute Gasteiger partial charge is 0.0474 e. The molecule has 0 radical (unpaired) electrons. The third kappa shape index (κ3) is 6.97. The zero-order valence-electron chi connectivity index (χ0n) is 14.9. The van der Waals surface area contributed by atoms with Crippen molar-refractivity contribution in [2.24, 2.45) is 0 Å². The molecule has 0 nitrogen and oxygen atoms in total. The molecule has 126 valence electrons. The van der Waals surface area contributed by atoms with E-state index in [1.807, 2.05) is 0 Å². The van der Waals surface area contributed by atoms with E-state index in [2.05, 4.69) is 83.1 Å². The van der Waals surface area contributed by atoms with Gasteiger partial charge in [-0.1, -0.05) is 83.1 Å². The van der Waals surface area contributed by atoms with Crippen molar-refractivity contribution in [1.29, 1.82) is 0 Å². The van der Waals surface area contributed by atoms with E-state index in [1.165, 1.54) is 22.3 Å². The van der Waals surface area contributed by atoms with Crippen molar-refractivity contribution in [3.8, 4) is 0 Å². The number of hydrogen-bond acceptors (Lipinski definition) is 0. The van der Waals surface area contributed by atoms with Gasteiger partial charge in [-0.3, -0.25) is 0 Å². The maximum absolute atomic E-state index is 5.69. The second kappa shape index (κ2) is 9.35. The summed E-state index contributed by atoms with van der Waals surface area (Å²) in [6.07, 6.45) is 0. The molecule has 0 aliphatic rings. The first-order valence-electron chi connectivity index (χ1n) is 8.08. The molecular formula is C21H28Cl2. The maximum Gasteiger partial charge on any atom is 0.0474 e. The Hall–Kier alpha value is -0.980. The van der Waals surface area contributed by atoms with E-state index >= 15 is 0 Å². The zero-order chi connectivity index (χ0) is 17.5. The summed E-state index contributed by atoms with van der Waals surface area (Å²) < 4.78 is 0. The van der Waals surface area contributed by atoms with Crippen LogP contribution >= 0.6 is 23.2 Å². The Morgan fingerprint density at radius 2 is 1.13 bits per heavy atom. The van der Waals surface area contributed by atoms with Crippen molar-refractivity contribution in [3.63, 3.8) is 0 Å². The van der Waals surface area contributed by atoms with Gasteiger partial charge in [0, 0.05) is 11.8 Å². The van der Waals surface area contributed by atoms with Gasteiger partial charge in [0.15, 0.2) is 0 Å². The second-order valence-electron chi connectivity index (χ2n) is 7.11. The monoisotopic (exact) mass is 350 g/mol. The van der Waals surface area contributed by atoms with Crippen LogP contribution in [0.1, 0.15) is 62.8 Å². The molecule has 0 heterocycles. The van der Waals surface area contributed by atoms with Crippen molar-refractivity contribution >= 4 is 23.2 Å². The SMILES string of the molecule is CC(C)(C)c1ccc(CCl)cc1.CC(C)c1ccc(CCl)cc1. The zero-order valence-corrected chi connectivity index (χ0v) is 16.4. The Bertz CT molecular complexity index is 560. The first-order chi connectivity index (χ1) is 10.8. The van der Waals surface area contributed by atoms with E-state index in [-0.39, 0.29) is 5.41 Å². The van der Waals surface area contributed by atoms with Crippen LogP contribution in [-0.2, 0) is 17.2 Å². The van der Waals surface area contributed by atoms with Crippen LogP contribution in [0.5, 0.6) is 0 Å². The van der Waals surface area contributed by atoms with Crippen LogP contribution in [0.25, 0.3) is 0 Å². The fourth-order valence-electron chi connectivity index (χ4n) is 2.09. The molecule has 0 spiro atoms. The van der Waals surface area contributed by atoms with Gasteiger partial charge in [-0.05, 0) is 33.6 Å². The summed E-state index contributed by atoms with van der Waals surface area (Å²) >= 11 is 11.4. The lowest BCUT2D eigenvalue weighted by Crippen LogP contribution is -2.10. The van der Waals surface area contributed by atoms with E-state index in [0.717, 1.165) is 0 Å². The van der Waals surface area contributed by atoms with Gasteiger partial charge in [0.2, 0.25) is 0 Å². The number of hydrogen-bond donors (Lipinski definition) is 0. The van der Waals surface area contributed by atoms with E-state index in [9.17, 15) is 0 Å². The molecule has 2 rings (SSSR count). The molecule has 0 atom stereocenters. The number of halogens is 2. The van der Waals surface area contributed by atoms with Crippen molar-refractivity contribution in [1.82, 2.24) is 0 Å². The minimum Gasteiger partial charge on any atom is -0.122 e. The Morgan fingerprint density at radius 1 is 0.739 bits per heavy atom. The fraction of sp³-hybridized carbons (Fsp3) is 0.429. The summed E-state index contributed by atoms with van der Waals surface area (Å²) in [5, 5.41) is 0. The number of alkyl halides is 2. The first-order valence-corrected chi connectivity index (χ1v) is 9.15. The summed E-state index contributed by atoms with van der Waals surface area (Å²) in [5.41, 5.74) is 5.35.